The fraction of sp³-hybridized carbons (Fsp3) is 0.462. The molecule has 0 unspecified atom stereocenters. The van der Waals surface area contributed by atoms with E-state index in [-0.39, 0.29) is 0 Å². The van der Waals surface area contributed by atoms with Gasteiger partial charge in [0.1, 0.15) is 5.82 Å². The van der Waals surface area contributed by atoms with Crippen molar-refractivity contribution in [1.29, 1.82) is 0 Å². The van der Waals surface area contributed by atoms with Gasteiger partial charge in [-0.3, -0.25) is 0 Å². The monoisotopic (exact) mass is 217 g/mol. The molecule has 2 aromatic rings. The third-order valence-corrected chi connectivity index (χ3v) is 3.20. The topological polar surface area (TPSA) is 43.3 Å². The average molecular weight is 217 g/mol. The largest absolute Gasteiger partial charge is 0.325 e. The van der Waals surface area contributed by atoms with Crippen LogP contribution in [0.2, 0.25) is 0 Å². The number of pyridine rings is 1. The zero-order valence-corrected chi connectivity index (χ0v) is 9.98. The van der Waals surface area contributed by atoms with E-state index < -0.39 is 0 Å². The van der Waals surface area contributed by atoms with E-state index in [1.807, 2.05) is 12.1 Å². The summed E-state index contributed by atoms with van der Waals surface area (Å²) < 4.78 is 2.18. The van der Waals surface area contributed by atoms with Crippen LogP contribution >= 0.6 is 0 Å². The van der Waals surface area contributed by atoms with Gasteiger partial charge < -0.3 is 10.1 Å². The molecule has 86 valence electrons. The molecule has 0 aliphatic heterocycles. The lowest BCUT2D eigenvalue weighted by Crippen LogP contribution is -2.02. The van der Waals surface area contributed by atoms with E-state index in [1.165, 1.54) is 0 Å². The molecule has 2 aromatic heterocycles. The molecule has 3 heteroatoms. The van der Waals surface area contributed by atoms with Crippen LogP contribution in [0.5, 0.6) is 0 Å². The van der Waals surface area contributed by atoms with Crippen molar-refractivity contribution in [3.05, 3.63) is 35.9 Å². The predicted octanol–water partition coefficient (Wildman–Crippen LogP) is 2.70. The fourth-order valence-electron chi connectivity index (χ4n) is 2.22. The van der Waals surface area contributed by atoms with Crippen LogP contribution in [0.15, 0.2) is 24.4 Å². The fourth-order valence-corrected chi connectivity index (χ4v) is 2.22. The summed E-state index contributed by atoms with van der Waals surface area (Å²) in [5.74, 6) is 1.68. The molecule has 2 heterocycles. The maximum absolute atomic E-state index is 5.74. The minimum Gasteiger partial charge on any atom is -0.325 e. The Morgan fingerprint density at radius 3 is 2.69 bits per heavy atom. The minimum atomic E-state index is 0.508. The van der Waals surface area contributed by atoms with Crippen molar-refractivity contribution in [2.45, 2.75) is 39.2 Å². The molecule has 0 saturated carbocycles. The zero-order valence-electron chi connectivity index (χ0n) is 9.98. The summed E-state index contributed by atoms with van der Waals surface area (Å²) in [5, 5.41) is 0. The Labute approximate surface area is 96.3 Å². The third kappa shape index (κ3) is 1.71. The third-order valence-electron chi connectivity index (χ3n) is 3.20. The van der Waals surface area contributed by atoms with E-state index in [2.05, 4.69) is 35.5 Å². The lowest BCUT2D eigenvalue weighted by Gasteiger charge is -2.10. The first-order chi connectivity index (χ1) is 7.81. The van der Waals surface area contributed by atoms with Crippen molar-refractivity contribution in [3.8, 4) is 0 Å². The van der Waals surface area contributed by atoms with Gasteiger partial charge in [0.25, 0.3) is 0 Å². The molecule has 0 atom stereocenters. The normalized spacial score (nSPS) is 11.5. The Kier molecular flexibility index (Phi) is 3.25. The lowest BCUT2D eigenvalue weighted by molar-refractivity contribution is 0.598. The SMILES string of the molecule is CCC(CC)c1nc(CN)c2ccccn12. The molecule has 2 rings (SSSR count). The van der Waals surface area contributed by atoms with Crippen LogP contribution in [0.4, 0.5) is 0 Å². The van der Waals surface area contributed by atoms with Crippen LogP contribution in [0.3, 0.4) is 0 Å². The number of hydrogen-bond acceptors (Lipinski definition) is 2. The van der Waals surface area contributed by atoms with Crippen LogP contribution in [-0.2, 0) is 6.54 Å². The van der Waals surface area contributed by atoms with Crippen LogP contribution in [0.25, 0.3) is 5.52 Å². The quantitative estimate of drug-likeness (QED) is 0.855. The summed E-state index contributed by atoms with van der Waals surface area (Å²) in [6.07, 6.45) is 4.32. The Bertz CT molecular complexity index is 469. The molecule has 0 aromatic carbocycles. The number of aromatic nitrogens is 2. The van der Waals surface area contributed by atoms with Gasteiger partial charge in [0.2, 0.25) is 0 Å². The summed E-state index contributed by atoms with van der Waals surface area (Å²) in [4.78, 5) is 4.69. The van der Waals surface area contributed by atoms with Gasteiger partial charge in [0.05, 0.1) is 11.2 Å². The van der Waals surface area contributed by atoms with Crippen LogP contribution in [-0.4, -0.2) is 9.38 Å². The number of rotatable bonds is 4. The highest BCUT2D eigenvalue weighted by Crippen LogP contribution is 2.24. The Balaban J connectivity index is 2.61. The van der Waals surface area contributed by atoms with Crippen LogP contribution in [0.1, 0.15) is 44.1 Å². The summed E-state index contributed by atoms with van der Waals surface area (Å²) in [5.41, 5.74) is 7.88. The number of imidazole rings is 1. The van der Waals surface area contributed by atoms with Crippen molar-refractivity contribution in [2.75, 3.05) is 0 Å². The van der Waals surface area contributed by atoms with E-state index in [4.69, 9.17) is 5.73 Å². The summed E-state index contributed by atoms with van der Waals surface area (Å²) in [6, 6.07) is 6.16. The Morgan fingerprint density at radius 1 is 1.31 bits per heavy atom. The van der Waals surface area contributed by atoms with Crippen molar-refractivity contribution in [1.82, 2.24) is 9.38 Å². The highest BCUT2D eigenvalue weighted by Gasteiger charge is 2.15. The first kappa shape index (κ1) is 11.1. The molecule has 0 saturated heterocycles. The van der Waals surface area contributed by atoms with Gasteiger partial charge in [-0.2, -0.15) is 0 Å². The summed E-state index contributed by atoms with van der Waals surface area (Å²) in [7, 11) is 0. The van der Waals surface area contributed by atoms with E-state index in [1.54, 1.807) is 0 Å². The second-order valence-corrected chi connectivity index (χ2v) is 4.09. The second-order valence-electron chi connectivity index (χ2n) is 4.09. The van der Waals surface area contributed by atoms with Crippen molar-refractivity contribution >= 4 is 5.52 Å². The average Bonchev–Trinajstić information content (AvgIpc) is 2.70. The molecule has 0 spiro atoms. The molecule has 0 fully saturated rings. The predicted molar refractivity (Wildman–Crippen MR) is 66.4 cm³/mol. The minimum absolute atomic E-state index is 0.508. The molecule has 0 radical (unpaired) electrons. The van der Waals surface area contributed by atoms with Crippen LogP contribution in [0, 0.1) is 0 Å². The van der Waals surface area contributed by atoms with Crippen molar-refractivity contribution < 1.29 is 0 Å². The van der Waals surface area contributed by atoms with E-state index in [9.17, 15) is 0 Å². The summed E-state index contributed by atoms with van der Waals surface area (Å²) in [6.45, 7) is 4.92. The standard InChI is InChI=1S/C13H19N3/c1-3-10(4-2)13-15-11(9-14)12-7-5-6-8-16(12)13/h5-8,10H,3-4,9,14H2,1-2H3. The number of nitrogens with two attached hydrogens (primary N) is 1. The smallest absolute Gasteiger partial charge is 0.116 e. The molecular formula is C13H19N3. The highest BCUT2D eigenvalue weighted by molar-refractivity contribution is 5.53. The van der Waals surface area contributed by atoms with E-state index >= 15 is 0 Å². The van der Waals surface area contributed by atoms with E-state index in [0.29, 0.717) is 12.5 Å². The molecule has 0 bridgehead atoms. The maximum Gasteiger partial charge on any atom is 0.116 e. The number of nitrogens with zero attached hydrogens (tertiary/aromatic N) is 2. The molecule has 0 aliphatic carbocycles. The first-order valence-corrected chi connectivity index (χ1v) is 5.97. The van der Waals surface area contributed by atoms with Gasteiger partial charge in [0.15, 0.2) is 0 Å². The second kappa shape index (κ2) is 4.66. The molecule has 0 amide bonds. The summed E-state index contributed by atoms with van der Waals surface area (Å²) >= 11 is 0. The molecule has 2 N–H and O–H groups in total. The van der Waals surface area contributed by atoms with Crippen molar-refractivity contribution in [3.63, 3.8) is 0 Å². The molecular weight excluding hydrogens is 198 g/mol. The van der Waals surface area contributed by atoms with E-state index in [0.717, 1.165) is 29.9 Å². The molecule has 3 nitrogen and oxygen atoms in total. The first-order valence-electron chi connectivity index (χ1n) is 5.97. The number of fused-ring (bicyclic) bond motifs is 1. The highest BCUT2D eigenvalue weighted by atomic mass is 15.0. The van der Waals surface area contributed by atoms with Gasteiger partial charge >= 0.3 is 0 Å². The molecule has 0 aliphatic rings. The van der Waals surface area contributed by atoms with Gasteiger partial charge in [0, 0.05) is 18.7 Å². The Morgan fingerprint density at radius 2 is 2.06 bits per heavy atom. The zero-order chi connectivity index (χ0) is 11.5. The molecule has 16 heavy (non-hydrogen) atoms. The number of hydrogen-bond donors (Lipinski definition) is 1. The van der Waals surface area contributed by atoms with Crippen LogP contribution < -0.4 is 5.73 Å². The lowest BCUT2D eigenvalue weighted by atomic mass is 10.0. The van der Waals surface area contributed by atoms with Gasteiger partial charge in [-0.15, -0.1) is 0 Å². The van der Waals surface area contributed by atoms with Crippen molar-refractivity contribution in [2.24, 2.45) is 5.73 Å². The Hall–Kier alpha value is -1.35. The van der Waals surface area contributed by atoms with Gasteiger partial charge in [-0.25, -0.2) is 4.98 Å². The maximum atomic E-state index is 5.74. The van der Waals surface area contributed by atoms with Gasteiger partial charge in [-0.05, 0) is 25.0 Å². The van der Waals surface area contributed by atoms with Gasteiger partial charge in [-0.1, -0.05) is 19.9 Å².